The zero-order chi connectivity index (χ0) is 12.5. The average molecular weight is 275 g/mol. The van der Waals surface area contributed by atoms with E-state index in [1.165, 1.54) is 26.0 Å². The van der Waals surface area contributed by atoms with Gasteiger partial charge in [0.2, 0.25) is 10.0 Å². The molecule has 0 spiro atoms. The van der Waals surface area contributed by atoms with Crippen molar-refractivity contribution in [2.75, 3.05) is 7.05 Å². The van der Waals surface area contributed by atoms with E-state index in [4.69, 9.17) is 11.6 Å². The Morgan fingerprint density at radius 1 is 1.41 bits per heavy atom. The Kier molecular flexibility index (Phi) is 3.73. The number of halogens is 1. The van der Waals surface area contributed by atoms with Gasteiger partial charge in [-0.3, -0.25) is 0 Å². The summed E-state index contributed by atoms with van der Waals surface area (Å²) in [7, 11) is -2.03. The predicted molar refractivity (Wildman–Crippen MR) is 67.6 cm³/mol. The maximum atomic E-state index is 11.6. The van der Waals surface area contributed by atoms with Crippen LogP contribution in [0.25, 0.3) is 0 Å². The molecule has 1 aromatic rings. The van der Waals surface area contributed by atoms with E-state index >= 15 is 0 Å². The number of hydrogen-bond donors (Lipinski definition) is 2. The van der Waals surface area contributed by atoms with Gasteiger partial charge in [-0.05, 0) is 37.6 Å². The second kappa shape index (κ2) is 4.94. The smallest absolute Gasteiger partial charge is 0.240 e. The van der Waals surface area contributed by atoms with Crippen molar-refractivity contribution >= 4 is 21.6 Å². The van der Waals surface area contributed by atoms with Gasteiger partial charge in [0.05, 0.1) is 4.90 Å². The van der Waals surface area contributed by atoms with E-state index in [1.807, 2.05) is 0 Å². The minimum atomic E-state index is -3.41. The van der Waals surface area contributed by atoms with E-state index < -0.39 is 10.0 Å². The van der Waals surface area contributed by atoms with E-state index in [1.54, 1.807) is 12.1 Å². The van der Waals surface area contributed by atoms with Gasteiger partial charge in [0.1, 0.15) is 0 Å². The Morgan fingerprint density at radius 3 is 2.65 bits per heavy atom. The van der Waals surface area contributed by atoms with Crippen LogP contribution in [-0.4, -0.2) is 21.5 Å². The van der Waals surface area contributed by atoms with Crippen molar-refractivity contribution in [2.45, 2.75) is 30.3 Å². The van der Waals surface area contributed by atoms with Gasteiger partial charge in [0.25, 0.3) is 0 Å². The Morgan fingerprint density at radius 2 is 2.12 bits per heavy atom. The van der Waals surface area contributed by atoms with Crippen LogP contribution in [0.15, 0.2) is 23.1 Å². The zero-order valence-electron chi connectivity index (χ0n) is 9.53. The molecule has 0 saturated heterocycles. The van der Waals surface area contributed by atoms with Crippen LogP contribution in [0.2, 0.25) is 5.02 Å². The molecule has 0 amide bonds. The van der Waals surface area contributed by atoms with Gasteiger partial charge < -0.3 is 5.32 Å². The number of nitrogens with one attached hydrogen (secondary N) is 2. The van der Waals surface area contributed by atoms with E-state index in [0.717, 1.165) is 5.56 Å². The molecule has 1 fully saturated rings. The topological polar surface area (TPSA) is 58.2 Å². The van der Waals surface area contributed by atoms with Crippen LogP contribution in [0.4, 0.5) is 0 Å². The van der Waals surface area contributed by atoms with E-state index in [9.17, 15) is 8.42 Å². The van der Waals surface area contributed by atoms with Crippen LogP contribution in [0.1, 0.15) is 18.4 Å². The fourth-order valence-electron chi connectivity index (χ4n) is 1.50. The first-order chi connectivity index (χ1) is 8.03. The summed E-state index contributed by atoms with van der Waals surface area (Å²) in [5.41, 5.74) is 0.925. The first kappa shape index (κ1) is 12.8. The van der Waals surface area contributed by atoms with Crippen molar-refractivity contribution in [1.29, 1.82) is 0 Å². The van der Waals surface area contributed by atoms with E-state index in [0.29, 0.717) is 17.6 Å². The quantitative estimate of drug-likeness (QED) is 0.856. The molecule has 0 aromatic heterocycles. The van der Waals surface area contributed by atoms with Gasteiger partial charge in [0, 0.05) is 17.6 Å². The molecule has 4 nitrogen and oxygen atoms in total. The Bertz CT molecular complexity index is 512. The molecule has 2 rings (SSSR count). The zero-order valence-corrected chi connectivity index (χ0v) is 11.1. The summed E-state index contributed by atoms with van der Waals surface area (Å²) >= 11 is 6.06. The number of sulfonamides is 1. The Labute approximate surface area is 106 Å². The molecule has 17 heavy (non-hydrogen) atoms. The third kappa shape index (κ3) is 3.19. The van der Waals surface area contributed by atoms with Crippen molar-refractivity contribution in [3.63, 3.8) is 0 Å². The van der Waals surface area contributed by atoms with Crippen LogP contribution >= 0.6 is 11.6 Å². The van der Waals surface area contributed by atoms with Crippen molar-refractivity contribution in [3.05, 3.63) is 28.8 Å². The molecule has 6 heteroatoms. The van der Waals surface area contributed by atoms with Crippen molar-refractivity contribution in [1.82, 2.24) is 10.0 Å². The summed E-state index contributed by atoms with van der Waals surface area (Å²) in [6.07, 6.45) is 2.42. The third-order valence-electron chi connectivity index (χ3n) is 2.76. The lowest BCUT2D eigenvalue weighted by atomic mass is 10.2. The lowest BCUT2D eigenvalue weighted by Gasteiger charge is -2.08. The highest BCUT2D eigenvalue weighted by Gasteiger charge is 2.20. The normalized spacial score (nSPS) is 16.1. The average Bonchev–Trinajstić information content (AvgIpc) is 3.11. The van der Waals surface area contributed by atoms with Crippen LogP contribution in [0.3, 0.4) is 0 Å². The molecule has 0 aliphatic heterocycles. The molecule has 2 N–H and O–H groups in total. The molecule has 0 unspecified atom stereocenters. The molecule has 0 bridgehead atoms. The summed E-state index contributed by atoms with van der Waals surface area (Å²) in [5, 5.41) is 3.82. The summed E-state index contributed by atoms with van der Waals surface area (Å²) < 4.78 is 25.4. The molecule has 1 aliphatic rings. The van der Waals surface area contributed by atoms with Crippen LogP contribution < -0.4 is 10.0 Å². The molecule has 1 aromatic carbocycles. The lowest BCUT2D eigenvalue weighted by molar-refractivity contribution is 0.588. The van der Waals surface area contributed by atoms with Crippen molar-refractivity contribution < 1.29 is 8.42 Å². The standard InChI is InChI=1S/C11H15ClN2O2S/c1-13-17(15,16)10-5-2-8(11(12)6-10)7-14-9-3-4-9/h2,5-6,9,13-14H,3-4,7H2,1H3. The van der Waals surface area contributed by atoms with Crippen LogP contribution in [0.5, 0.6) is 0 Å². The molecule has 94 valence electrons. The molecule has 0 radical (unpaired) electrons. The number of benzene rings is 1. The molecule has 1 aliphatic carbocycles. The molecular formula is C11H15ClN2O2S. The molecule has 1 saturated carbocycles. The first-order valence-corrected chi connectivity index (χ1v) is 7.34. The van der Waals surface area contributed by atoms with E-state index in [-0.39, 0.29) is 4.90 Å². The predicted octanol–water partition coefficient (Wildman–Crippen LogP) is 1.50. The van der Waals surface area contributed by atoms with Crippen molar-refractivity contribution in [3.8, 4) is 0 Å². The summed E-state index contributed by atoms with van der Waals surface area (Å²) in [6, 6.07) is 5.41. The Balaban J connectivity index is 2.15. The summed E-state index contributed by atoms with van der Waals surface area (Å²) in [6.45, 7) is 0.684. The number of hydrogen-bond acceptors (Lipinski definition) is 3. The summed E-state index contributed by atoms with van der Waals surface area (Å²) in [4.78, 5) is 0.195. The SMILES string of the molecule is CNS(=O)(=O)c1ccc(CNC2CC2)c(Cl)c1. The van der Waals surface area contributed by atoms with Gasteiger partial charge in [-0.15, -0.1) is 0 Å². The molecule has 0 heterocycles. The first-order valence-electron chi connectivity index (χ1n) is 5.48. The Hall–Kier alpha value is -0.620. The minimum absolute atomic E-state index is 0.195. The molecule has 0 atom stereocenters. The highest BCUT2D eigenvalue weighted by atomic mass is 35.5. The van der Waals surface area contributed by atoms with E-state index in [2.05, 4.69) is 10.0 Å². The van der Waals surface area contributed by atoms with Crippen molar-refractivity contribution in [2.24, 2.45) is 0 Å². The van der Waals surface area contributed by atoms with Gasteiger partial charge in [-0.25, -0.2) is 13.1 Å². The molecular weight excluding hydrogens is 260 g/mol. The minimum Gasteiger partial charge on any atom is -0.310 e. The maximum Gasteiger partial charge on any atom is 0.240 e. The maximum absolute atomic E-state index is 11.6. The highest BCUT2D eigenvalue weighted by molar-refractivity contribution is 7.89. The fraction of sp³-hybridized carbons (Fsp3) is 0.455. The van der Waals surface area contributed by atoms with Gasteiger partial charge >= 0.3 is 0 Å². The van der Waals surface area contributed by atoms with Gasteiger partial charge in [-0.1, -0.05) is 17.7 Å². The third-order valence-corrected chi connectivity index (χ3v) is 4.53. The number of rotatable bonds is 5. The summed E-state index contributed by atoms with van der Waals surface area (Å²) in [5.74, 6) is 0. The second-order valence-corrected chi connectivity index (χ2v) is 6.41. The highest BCUT2D eigenvalue weighted by Crippen LogP contribution is 2.23. The monoisotopic (exact) mass is 274 g/mol. The largest absolute Gasteiger partial charge is 0.310 e. The van der Waals surface area contributed by atoms with Gasteiger partial charge in [0.15, 0.2) is 0 Å². The van der Waals surface area contributed by atoms with Crippen LogP contribution in [0, 0.1) is 0 Å². The van der Waals surface area contributed by atoms with Crippen LogP contribution in [-0.2, 0) is 16.6 Å². The van der Waals surface area contributed by atoms with Gasteiger partial charge in [-0.2, -0.15) is 0 Å². The fourth-order valence-corrected chi connectivity index (χ4v) is 2.57. The second-order valence-electron chi connectivity index (χ2n) is 4.12. The lowest BCUT2D eigenvalue weighted by Crippen LogP contribution is -2.19.